The van der Waals surface area contributed by atoms with Crippen LogP contribution in [0.3, 0.4) is 0 Å². The van der Waals surface area contributed by atoms with E-state index in [0.29, 0.717) is 6.79 Å². The van der Waals surface area contributed by atoms with Gasteiger partial charge in [-0.25, -0.2) is 0 Å². The predicted molar refractivity (Wildman–Crippen MR) is 51.1 cm³/mol. The molecule has 2 rings (SSSR count). The standard InChI is InChI=1S/C11H12O2/c1-2-3-4-9-5-6-10-11(7-9)13-8-12-10/h2-3,5-7H,4,8H2,1H3. The second-order valence-electron chi connectivity index (χ2n) is 2.96. The van der Waals surface area contributed by atoms with Gasteiger partial charge in [-0.05, 0) is 31.0 Å². The lowest BCUT2D eigenvalue weighted by Crippen LogP contribution is -1.92. The SMILES string of the molecule is CC=CCc1ccc2c(c1)OCO2. The molecule has 0 aromatic heterocycles. The summed E-state index contributed by atoms with van der Waals surface area (Å²) in [5, 5.41) is 0. The molecule has 1 aliphatic rings. The third kappa shape index (κ3) is 1.66. The predicted octanol–water partition coefficient (Wildman–Crippen LogP) is 2.53. The van der Waals surface area contributed by atoms with Gasteiger partial charge in [0.2, 0.25) is 6.79 Å². The lowest BCUT2D eigenvalue weighted by atomic mass is 10.1. The molecule has 68 valence electrons. The van der Waals surface area contributed by atoms with Gasteiger partial charge in [-0.2, -0.15) is 0 Å². The Balaban J connectivity index is 2.20. The van der Waals surface area contributed by atoms with E-state index in [9.17, 15) is 0 Å². The van der Waals surface area contributed by atoms with E-state index in [-0.39, 0.29) is 0 Å². The zero-order valence-corrected chi connectivity index (χ0v) is 7.62. The first-order valence-corrected chi connectivity index (χ1v) is 4.40. The molecule has 0 N–H and O–H groups in total. The molecule has 13 heavy (non-hydrogen) atoms. The Morgan fingerprint density at radius 3 is 3.00 bits per heavy atom. The number of hydrogen-bond acceptors (Lipinski definition) is 2. The van der Waals surface area contributed by atoms with E-state index >= 15 is 0 Å². The molecule has 2 nitrogen and oxygen atoms in total. The van der Waals surface area contributed by atoms with Crippen molar-refractivity contribution in [2.75, 3.05) is 6.79 Å². The molecule has 0 saturated carbocycles. The molecule has 0 spiro atoms. The first-order valence-electron chi connectivity index (χ1n) is 4.40. The minimum atomic E-state index is 0.350. The van der Waals surface area contributed by atoms with Crippen molar-refractivity contribution in [1.82, 2.24) is 0 Å². The summed E-state index contributed by atoms with van der Waals surface area (Å²) in [5.74, 6) is 1.71. The average Bonchev–Trinajstić information content (AvgIpc) is 2.61. The molecule has 1 aromatic carbocycles. The van der Waals surface area contributed by atoms with Crippen LogP contribution in [0.15, 0.2) is 30.4 Å². The fourth-order valence-corrected chi connectivity index (χ4v) is 1.32. The van der Waals surface area contributed by atoms with Crippen LogP contribution in [0.25, 0.3) is 0 Å². The number of benzene rings is 1. The number of fused-ring (bicyclic) bond motifs is 1. The number of rotatable bonds is 2. The van der Waals surface area contributed by atoms with Crippen LogP contribution in [-0.2, 0) is 6.42 Å². The summed E-state index contributed by atoms with van der Waals surface area (Å²) < 4.78 is 10.5. The maximum atomic E-state index is 5.27. The van der Waals surface area contributed by atoms with Gasteiger partial charge in [-0.15, -0.1) is 0 Å². The van der Waals surface area contributed by atoms with E-state index in [4.69, 9.17) is 9.47 Å². The second-order valence-corrected chi connectivity index (χ2v) is 2.96. The monoisotopic (exact) mass is 176 g/mol. The maximum absolute atomic E-state index is 5.27. The van der Waals surface area contributed by atoms with Crippen LogP contribution in [0.5, 0.6) is 11.5 Å². The highest BCUT2D eigenvalue weighted by Gasteiger charge is 2.12. The Morgan fingerprint density at radius 1 is 1.31 bits per heavy atom. The molecule has 1 aromatic rings. The van der Waals surface area contributed by atoms with Crippen molar-refractivity contribution in [3.63, 3.8) is 0 Å². The van der Waals surface area contributed by atoms with E-state index in [1.807, 2.05) is 25.1 Å². The quantitative estimate of drug-likeness (QED) is 0.645. The summed E-state index contributed by atoms with van der Waals surface area (Å²) in [6.45, 7) is 2.37. The molecular weight excluding hydrogens is 164 g/mol. The van der Waals surface area contributed by atoms with Crippen molar-refractivity contribution < 1.29 is 9.47 Å². The molecule has 0 unspecified atom stereocenters. The van der Waals surface area contributed by atoms with Gasteiger partial charge in [0, 0.05) is 0 Å². The minimum Gasteiger partial charge on any atom is -0.454 e. The summed E-state index contributed by atoms with van der Waals surface area (Å²) in [5.41, 5.74) is 1.25. The Hall–Kier alpha value is -1.44. The summed E-state index contributed by atoms with van der Waals surface area (Å²) in [7, 11) is 0. The van der Waals surface area contributed by atoms with Crippen LogP contribution in [0.1, 0.15) is 12.5 Å². The number of hydrogen-bond donors (Lipinski definition) is 0. The van der Waals surface area contributed by atoms with Crippen LogP contribution >= 0.6 is 0 Å². The molecule has 1 aliphatic heterocycles. The van der Waals surface area contributed by atoms with Crippen molar-refractivity contribution >= 4 is 0 Å². The Labute approximate surface area is 77.8 Å². The smallest absolute Gasteiger partial charge is 0.231 e. The molecular formula is C11H12O2. The molecule has 0 saturated heterocycles. The fourth-order valence-electron chi connectivity index (χ4n) is 1.32. The normalized spacial score (nSPS) is 13.9. The first kappa shape index (κ1) is 8.17. The van der Waals surface area contributed by atoms with Gasteiger partial charge in [0.1, 0.15) is 0 Å². The van der Waals surface area contributed by atoms with E-state index in [1.54, 1.807) is 0 Å². The first-order chi connectivity index (χ1) is 6.40. The molecule has 2 heteroatoms. The summed E-state index contributed by atoms with van der Waals surface area (Å²) in [6.07, 6.45) is 5.12. The number of allylic oxidation sites excluding steroid dienone is 2. The Bertz CT molecular complexity index is 329. The number of ether oxygens (including phenoxy) is 2. The Morgan fingerprint density at radius 2 is 2.15 bits per heavy atom. The third-order valence-electron chi connectivity index (χ3n) is 2.03. The molecule has 0 fully saturated rings. The lowest BCUT2D eigenvalue weighted by molar-refractivity contribution is 0.174. The van der Waals surface area contributed by atoms with Gasteiger partial charge in [0.25, 0.3) is 0 Å². The fraction of sp³-hybridized carbons (Fsp3) is 0.273. The van der Waals surface area contributed by atoms with Crippen LogP contribution < -0.4 is 9.47 Å². The molecule has 0 amide bonds. The molecule has 1 heterocycles. The summed E-state index contributed by atoms with van der Waals surface area (Å²) in [6, 6.07) is 6.05. The van der Waals surface area contributed by atoms with Crippen molar-refractivity contribution in [1.29, 1.82) is 0 Å². The van der Waals surface area contributed by atoms with Crippen molar-refractivity contribution in [2.45, 2.75) is 13.3 Å². The van der Waals surface area contributed by atoms with E-state index in [1.165, 1.54) is 5.56 Å². The van der Waals surface area contributed by atoms with Crippen LogP contribution in [0, 0.1) is 0 Å². The van der Waals surface area contributed by atoms with Crippen molar-refractivity contribution in [3.05, 3.63) is 35.9 Å². The van der Waals surface area contributed by atoms with Crippen LogP contribution in [0.4, 0.5) is 0 Å². The van der Waals surface area contributed by atoms with Gasteiger partial charge >= 0.3 is 0 Å². The molecule has 0 aliphatic carbocycles. The van der Waals surface area contributed by atoms with Gasteiger partial charge in [0.05, 0.1) is 0 Å². The second kappa shape index (κ2) is 3.52. The van der Waals surface area contributed by atoms with Crippen LogP contribution in [0.2, 0.25) is 0 Å². The van der Waals surface area contributed by atoms with Crippen molar-refractivity contribution in [2.24, 2.45) is 0 Å². The molecule has 0 radical (unpaired) electrons. The highest BCUT2D eigenvalue weighted by atomic mass is 16.7. The third-order valence-corrected chi connectivity index (χ3v) is 2.03. The van der Waals surface area contributed by atoms with Gasteiger partial charge in [0.15, 0.2) is 11.5 Å². The topological polar surface area (TPSA) is 18.5 Å². The van der Waals surface area contributed by atoms with Gasteiger partial charge in [-0.3, -0.25) is 0 Å². The van der Waals surface area contributed by atoms with E-state index < -0.39 is 0 Å². The van der Waals surface area contributed by atoms with Crippen LogP contribution in [-0.4, -0.2) is 6.79 Å². The zero-order chi connectivity index (χ0) is 9.10. The summed E-state index contributed by atoms with van der Waals surface area (Å²) in [4.78, 5) is 0. The summed E-state index contributed by atoms with van der Waals surface area (Å²) >= 11 is 0. The van der Waals surface area contributed by atoms with E-state index in [2.05, 4.69) is 12.1 Å². The van der Waals surface area contributed by atoms with E-state index in [0.717, 1.165) is 17.9 Å². The lowest BCUT2D eigenvalue weighted by Gasteiger charge is -1.98. The van der Waals surface area contributed by atoms with Gasteiger partial charge < -0.3 is 9.47 Å². The van der Waals surface area contributed by atoms with Gasteiger partial charge in [-0.1, -0.05) is 18.2 Å². The molecule has 0 bridgehead atoms. The largest absolute Gasteiger partial charge is 0.454 e. The highest BCUT2D eigenvalue weighted by molar-refractivity contribution is 5.44. The zero-order valence-electron chi connectivity index (χ0n) is 7.62. The minimum absolute atomic E-state index is 0.350. The molecule has 0 atom stereocenters. The Kier molecular flexibility index (Phi) is 2.21. The average molecular weight is 176 g/mol. The van der Waals surface area contributed by atoms with Crippen molar-refractivity contribution in [3.8, 4) is 11.5 Å². The maximum Gasteiger partial charge on any atom is 0.231 e. The highest BCUT2D eigenvalue weighted by Crippen LogP contribution is 2.32.